The van der Waals surface area contributed by atoms with Crippen LogP contribution >= 0.6 is 11.3 Å². The van der Waals surface area contributed by atoms with Crippen molar-refractivity contribution in [3.05, 3.63) is 85.6 Å². The van der Waals surface area contributed by atoms with Crippen molar-refractivity contribution in [2.75, 3.05) is 10.6 Å². The molecule has 144 valence electrons. The number of anilines is 4. The van der Waals surface area contributed by atoms with Crippen molar-refractivity contribution in [3.63, 3.8) is 0 Å². The molecule has 0 atom stereocenters. The molecule has 2 aromatic heterocycles. The first-order valence-corrected chi connectivity index (χ1v) is 9.68. The maximum absolute atomic E-state index is 12.2. The van der Waals surface area contributed by atoms with E-state index in [1.54, 1.807) is 41.9 Å². The number of primary amides is 1. The van der Waals surface area contributed by atoms with Gasteiger partial charge in [0.25, 0.3) is 10.9 Å². The lowest BCUT2D eigenvalue weighted by molar-refractivity contribution is -0.117. The summed E-state index contributed by atoms with van der Waals surface area (Å²) < 4.78 is 0. The molecule has 0 spiro atoms. The lowest BCUT2D eigenvalue weighted by Crippen LogP contribution is -2.36. The second-order valence-corrected chi connectivity index (χ2v) is 7.20. The number of rotatable bonds is 7. The first-order chi connectivity index (χ1) is 14.0. The summed E-state index contributed by atoms with van der Waals surface area (Å²) in [6.07, 6.45) is 3.17. The summed E-state index contributed by atoms with van der Waals surface area (Å²) in [5, 5.41) is 9.95. The molecule has 0 aliphatic heterocycles. The minimum absolute atomic E-state index is 0.00871. The van der Waals surface area contributed by atoms with E-state index in [9.17, 15) is 14.4 Å². The Morgan fingerprint density at radius 1 is 0.966 bits per heavy atom. The Hall–Kier alpha value is -3.78. The third-order valence-electron chi connectivity index (χ3n) is 4.45. The van der Waals surface area contributed by atoms with Crippen LogP contribution in [0, 0.1) is 0 Å². The van der Waals surface area contributed by atoms with Crippen molar-refractivity contribution in [1.29, 1.82) is 0 Å². The van der Waals surface area contributed by atoms with Gasteiger partial charge in [0.2, 0.25) is 5.91 Å². The minimum Gasteiger partial charge on any atom is -0.369 e. The lowest BCUT2D eigenvalue weighted by atomic mass is 10.0. The molecular formula is C21H16N4O3S. The second-order valence-electron chi connectivity index (χ2n) is 6.42. The number of aromatic nitrogens is 1. The largest absolute Gasteiger partial charge is 0.369 e. The Morgan fingerprint density at radius 2 is 1.69 bits per heavy atom. The molecule has 1 amide bonds. The number of hydrogen-bond acceptors (Lipinski definition) is 7. The van der Waals surface area contributed by atoms with Gasteiger partial charge in [-0.25, -0.2) is 0 Å². The molecule has 0 fully saturated rings. The smallest absolute Gasteiger partial charge is 0.253 e. The second kappa shape index (κ2) is 7.69. The molecule has 7 nitrogen and oxygen atoms in total. The summed E-state index contributed by atoms with van der Waals surface area (Å²) in [6, 6.07) is 10.9. The van der Waals surface area contributed by atoms with E-state index in [1.807, 2.05) is 29.0 Å². The predicted molar refractivity (Wildman–Crippen MR) is 115 cm³/mol. The Morgan fingerprint density at radius 3 is 2.34 bits per heavy atom. The molecule has 4 aromatic rings. The van der Waals surface area contributed by atoms with Crippen LogP contribution in [-0.2, 0) is 11.2 Å². The number of nitrogens with zero attached hydrogens (tertiary/aromatic N) is 1. The monoisotopic (exact) mass is 404 g/mol. The van der Waals surface area contributed by atoms with Crippen LogP contribution in [0.1, 0.15) is 5.56 Å². The van der Waals surface area contributed by atoms with Crippen molar-refractivity contribution < 1.29 is 4.79 Å². The van der Waals surface area contributed by atoms with E-state index in [0.717, 1.165) is 11.1 Å². The van der Waals surface area contributed by atoms with Gasteiger partial charge in [-0.15, -0.1) is 0 Å². The summed E-state index contributed by atoms with van der Waals surface area (Å²) in [5.41, 5.74) is 8.24. The molecule has 29 heavy (non-hydrogen) atoms. The SMILES string of the molecule is NC(=O)Cc1ccc(-c2ccsc2)cc1Nc1c(Nc2ccncc2)c(=O)c1=O. The fraction of sp³-hybridized carbons (Fsp3) is 0.0476. The zero-order valence-corrected chi connectivity index (χ0v) is 16.0. The van der Waals surface area contributed by atoms with E-state index in [2.05, 4.69) is 15.6 Å². The van der Waals surface area contributed by atoms with Crippen LogP contribution in [0.4, 0.5) is 22.7 Å². The van der Waals surface area contributed by atoms with Crippen molar-refractivity contribution >= 4 is 40.0 Å². The number of carbonyl (C=O) groups is 1. The molecule has 0 unspecified atom stereocenters. The molecule has 2 heterocycles. The third kappa shape index (κ3) is 3.78. The summed E-state index contributed by atoms with van der Waals surface area (Å²) in [5.74, 6) is -0.489. The van der Waals surface area contributed by atoms with Gasteiger partial charge in [-0.1, -0.05) is 12.1 Å². The van der Waals surface area contributed by atoms with E-state index < -0.39 is 16.8 Å². The predicted octanol–water partition coefficient (Wildman–Crippen LogP) is 2.92. The number of nitrogens with two attached hydrogens (primary N) is 1. The van der Waals surface area contributed by atoms with Crippen LogP contribution in [0.15, 0.2) is 69.1 Å². The topological polar surface area (TPSA) is 114 Å². The normalized spacial score (nSPS) is 10.8. The quantitative estimate of drug-likeness (QED) is 0.408. The molecule has 8 heteroatoms. The third-order valence-corrected chi connectivity index (χ3v) is 5.13. The highest BCUT2D eigenvalue weighted by atomic mass is 32.1. The first-order valence-electron chi connectivity index (χ1n) is 8.74. The number of amides is 1. The fourth-order valence-electron chi connectivity index (χ4n) is 2.99. The van der Waals surface area contributed by atoms with E-state index >= 15 is 0 Å². The van der Waals surface area contributed by atoms with Crippen molar-refractivity contribution in [1.82, 2.24) is 4.98 Å². The average molecular weight is 404 g/mol. The summed E-state index contributed by atoms with van der Waals surface area (Å²) >= 11 is 1.57. The summed E-state index contributed by atoms with van der Waals surface area (Å²) in [4.78, 5) is 39.7. The number of thiophene rings is 1. The maximum atomic E-state index is 12.2. The number of nitrogens with one attached hydrogen (secondary N) is 2. The first kappa shape index (κ1) is 18.6. The zero-order chi connectivity index (χ0) is 20.4. The molecular weight excluding hydrogens is 388 g/mol. The van der Waals surface area contributed by atoms with E-state index in [4.69, 9.17) is 5.73 Å². The van der Waals surface area contributed by atoms with Crippen molar-refractivity contribution in [3.8, 4) is 11.1 Å². The van der Waals surface area contributed by atoms with Gasteiger partial charge >= 0.3 is 0 Å². The Bertz CT molecular complexity index is 1240. The van der Waals surface area contributed by atoms with Crippen LogP contribution in [0.2, 0.25) is 0 Å². The van der Waals surface area contributed by atoms with Crippen LogP contribution in [0.3, 0.4) is 0 Å². The highest BCUT2D eigenvalue weighted by Crippen LogP contribution is 2.31. The molecule has 4 rings (SSSR count). The molecule has 4 N–H and O–H groups in total. The average Bonchev–Trinajstić information content (AvgIpc) is 3.26. The minimum atomic E-state index is -0.618. The highest BCUT2D eigenvalue weighted by Gasteiger charge is 2.22. The fourth-order valence-corrected chi connectivity index (χ4v) is 3.65. The molecule has 2 aromatic carbocycles. The van der Waals surface area contributed by atoms with Gasteiger partial charge in [0, 0.05) is 23.8 Å². The van der Waals surface area contributed by atoms with Gasteiger partial charge in [-0.05, 0) is 51.7 Å². The van der Waals surface area contributed by atoms with Gasteiger partial charge in [0.05, 0.1) is 6.42 Å². The Kier molecular flexibility index (Phi) is 4.92. The van der Waals surface area contributed by atoms with Crippen LogP contribution in [0.25, 0.3) is 11.1 Å². The standard InChI is InChI=1S/C21H16N4O3S/c22-17(26)10-13-2-1-12(14-5-8-29-11-14)9-16(13)25-19-18(20(27)21(19)28)24-15-3-6-23-7-4-15/h1-9,11,25H,10H2,(H2,22,26)(H,23,24). The zero-order valence-electron chi connectivity index (χ0n) is 15.1. The molecule has 0 saturated carbocycles. The lowest BCUT2D eigenvalue weighted by Gasteiger charge is -2.17. The van der Waals surface area contributed by atoms with Crippen LogP contribution in [-0.4, -0.2) is 10.9 Å². The molecule has 0 bridgehead atoms. The number of hydrogen-bond donors (Lipinski definition) is 3. The van der Waals surface area contributed by atoms with E-state index in [0.29, 0.717) is 16.9 Å². The Balaban J connectivity index is 1.71. The summed E-state index contributed by atoms with van der Waals surface area (Å²) in [7, 11) is 0. The summed E-state index contributed by atoms with van der Waals surface area (Å²) in [6.45, 7) is 0. The van der Waals surface area contributed by atoms with Gasteiger partial charge in [-0.3, -0.25) is 19.4 Å². The van der Waals surface area contributed by atoms with E-state index in [1.165, 1.54) is 0 Å². The van der Waals surface area contributed by atoms with Crippen LogP contribution < -0.4 is 27.2 Å². The van der Waals surface area contributed by atoms with Gasteiger partial charge in [-0.2, -0.15) is 11.3 Å². The molecule has 0 aliphatic carbocycles. The van der Waals surface area contributed by atoms with Gasteiger partial charge in [0.15, 0.2) is 0 Å². The van der Waals surface area contributed by atoms with Crippen molar-refractivity contribution in [2.45, 2.75) is 6.42 Å². The Labute approximate surface area is 169 Å². The highest BCUT2D eigenvalue weighted by molar-refractivity contribution is 7.08. The molecule has 0 radical (unpaired) electrons. The van der Waals surface area contributed by atoms with Crippen molar-refractivity contribution in [2.24, 2.45) is 5.73 Å². The maximum Gasteiger partial charge on any atom is 0.253 e. The number of pyridine rings is 1. The molecule has 0 saturated heterocycles. The number of benzene rings is 1. The van der Waals surface area contributed by atoms with Gasteiger partial charge < -0.3 is 16.4 Å². The molecule has 0 aliphatic rings. The van der Waals surface area contributed by atoms with Gasteiger partial charge in [0.1, 0.15) is 11.4 Å². The van der Waals surface area contributed by atoms with E-state index in [-0.39, 0.29) is 17.8 Å². The number of carbonyl (C=O) groups excluding carboxylic acids is 1. The van der Waals surface area contributed by atoms with Crippen LogP contribution in [0.5, 0.6) is 0 Å².